The first-order chi connectivity index (χ1) is 4.87. The van der Waals surface area contributed by atoms with Crippen molar-refractivity contribution in [2.24, 2.45) is 11.3 Å². The lowest BCUT2D eigenvalue weighted by atomic mass is 10.0. The van der Waals surface area contributed by atoms with Crippen LogP contribution in [0.1, 0.15) is 19.3 Å². The zero-order valence-corrected chi connectivity index (χ0v) is 8.51. The topological polar surface area (TPSA) is 0 Å². The highest BCUT2D eigenvalue weighted by molar-refractivity contribution is 9.09. The van der Waals surface area contributed by atoms with Crippen LogP contribution in [0.3, 0.4) is 0 Å². The summed E-state index contributed by atoms with van der Waals surface area (Å²) in [6.45, 7) is 0. The minimum Gasteiger partial charge on any atom is -0.161 e. The first-order valence-corrected chi connectivity index (χ1v) is 6.29. The summed E-state index contributed by atoms with van der Waals surface area (Å²) in [5.74, 6) is 3.89. The molecule has 1 saturated carbocycles. The molecule has 0 aromatic rings. The highest BCUT2D eigenvalue weighted by Crippen LogP contribution is 2.60. The lowest BCUT2D eigenvalue weighted by Crippen LogP contribution is -2.14. The number of alkyl halides is 1. The fourth-order valence-electron chi connectivity index (χ4n) is 2.01. The van der Waals surface area contributed by atoms with Crippen molar-refractivity contribution in [3.8, 4) is 0 Å². The average molecular weight is 221 g/mol. The third-order valence-corrected chi connectivity index (χ3v) is 5.04. The molecule has 1 spiro atoms. The molecule has 0 aromatic heterocycles. The number of hydrogen-bond donors (Lipinski definition) is 0. The Morgan fingerprint density at radius 1 is 1.60 bits per heavy atom. The van der Waals surface area contributed by atoms with Gasteiger partial charge in [-0.3, -0.25) is 0 Å². The minimum atomic E-state index is 0.812. The zero-order chi connectivity index (χ0) is 7.03. The molecule has 0 bridgehead atoms. The molecule has 0 aromatic carbocycles. The molecular formula is C8H13BrS. The van der Waals surface area contributed by atoms with E-state index >= 15 is 0 Å². The summed E-state index contributed by atoms with van der Waals surface area (Å²) in [7, 11) is 0. The van der Waals surface area contributed by atoms with Gasteiger partial charge in [-0.2, -0.15) is 11.8 Å². The van der Waals surface area contributed by atoms with Crippen LogP contribution < -0.4 is 0 Å². The van der Waals surface area contributed by atoms with Gasteiger partial charge in [0.15, 0.2) is 0 Å². The summed E-state index contributed by atoms with van der Waals surface area (Å²) < 4.78 is 0. The fraction of sp³-hybridized carbons (Fsp3) is 1.00. The third kappa shape index (κ3) is 1.14. The second-order valence-electron chi connectivity index (χ2n) is 3.57. The Kier molecular flexibility index (Phi) is 2.02. The third-order valence-electron chi connectivity index (χ3n) is 2.90. The smallest absolute Gasteiger partial charge is 0.00654 e. The molecule has 2 aliphatic rings. The van der Waals surface area contributed by atoms with E-state index in [9.17, 15) is 0 Å². The van der Waals surface area contributed by atoms with Crippen molar-refractivity contribution < 1.29 is 0 Å². The normalized spacial score (nSPS) is 45.9. The van der Waals surface area contributed by atoms with Gasteiger partial charge in [-0.15, -0.1) is 0 Å². The summed E-state index contributed by atoms with van der Waals surface area (Å²) in [5.41, 5.74) is 0.812. The van der Waals surface area contributed by atoms with Crippen LogP contribution in [-0.2, 0) is 0 Å². The summed E-state index contributed by atoms with van der Waals surface area (Å²) in [6.07, 6.45) is 4.48. The molecule has 2 atom stereocenters. The van der Waals surface area contributed by atoms with Crippen LogP contribution in [0.5, 0.6) is 0 Å². The summed E-state index contributed by atoms with van der Waals surface area (Å²) in [6, 6.07) is 0. The fourth-order valence-corrected chi connectivity index (χ4v) is 4.32. The molecule has 1 aliphatic carbocycles. The molecule has 0 nitrogen and oxygen atoms in total. The van der Waals surface area contributed by atoms with Crippen LogP contribution in [0, 0.1) is 11.3 Å². The monoisotopic (exact) mass is 220 g/mol. The Labute approximate surface area is 75.3 Å². The molecule has 58 valence electrons. The standard InChI is InChI=1S/C8H13BrS/c9-5-7-4-8(7)2-1-3-10-6-8/h7H,1-6H2. The largest absolute Gasteiger partial charge is 0.161 e. The molecule has 2 rings (SSSR count). The van der Waals surface area contributed by atoms with Crippen molar-refractivity contribution in [3.05, 3.63) is 0 Å². The molecule has 1 aliphatic heterocycles. The van der Waals surface area contributed by atoms with E-state index in [2.05, 4.69) is 27.7 Å². The Morgan fingerprint density at radius 2 is 2.50 bits per heavy atom. The molecule has 10 heavy (non-hydrogen) atoms. The average Bonchev–Trinajstić information content (AvgIpc) is 2.65. The molecule has 2 unspecified atom stereocenters. The van der Waals surface area contributed by atoms with Crippen molar-refractivity contribution in [3.63, 3.8) is 0 Å². The van der Waals surface area contributed by atoms with E-state index in [1.807, 2.05) is 0 Å². The van der Waals surface area contributed by atoms with Gasteiger partial charge in [0, 0.05) is 5.33 Å². The van der Waals surface area contributed by atoms with E-state index in [4.69, 9.17) is 0 Å². The summed E-state index contributed by atoms with van der Waals surface area (Å²) in [4.78, 5) is 0. The molecular weight excluding hydrogens is 208 g/mol. The number of thioether (sulfide) groups is 1. The Balaban J connectivity index is 1.92. The van der Waals surface area contributed by atoms with Gasteiger partial charge in [-0.1, -0.05) is 15.9 Å². The highest BCUT2D eigenvalue weighted by Gasteiger charge is 2.52. The maximum atomic E-state index is 3.58. The van der Waals surface area contributed by atoms with E-state index in [-0.39, 0.29) is 0 Å². The van der Waals surface area contributed by atoms with Crippen molar-refractivity contribution in [1.29, 1.82) is 0 Å². The van der Waals surface area contributed by atoms with E-state index in [1.165, 1.54) is 36.1 Å². The van der Waals surface area contributed by atoms with Crippen LogP contribution in [0.2, 0.25) is 0 Å². The number of hydrogen-bond acceptors (Lipinski definition) is 1. The molecule has 2 fully saturated rings. The molecule has 0 N–H and O–H groups in total. The molecule has 1 heterocycles. The van der Waals surface area contributed by atoms with E-state index in [1.54, 1.807) is 0 Å². The molecule has 2 heteroatoms. The van der Waals surface area contributed by atoms with Gasteiger partial charge < -0.3 is 0 Å². The quantitative estimate of drug-likeness (QED) is 0.613. The predicted octanol–water partition coefficient (Wildman–Crippen LogP) is 2.91. The first kappa shape index (κ1) is 7.48. The predicted molar refractivity (Wildman–Crippen MR) is 50.9 cm³/mol. The molecule has 0 radical (unpaired) electrons. The van der Waals surface area contributed by atoms with Crippen molar-refractivity contribution in [2.75, 3.05) is 16.8 Å². The SMILES string of the molecule is BrCC1CC12CCCSC2. The van der Waals surface area contributed by atoms with Gasteiger partial charge in [0.1, 0.15) is 0 Å². The maximum Gasteiger partial charge on any atom is 0.00654 e. The lowest BCUT2D eigenvalue weighted by Gasteiger charge is -2.21. The highest BCUT2D eigenvalue weighted by atomic mass is 79.9. The number of rotatable bonds is 1. The van der Waals surface area contributed by atoms with Crippen LogP contribution in [-0.4, -0.2) is 16.8 Å². The van der Waals surface area contributed by atoms with Gasteiger partial charge in [0.25, 0.3) is 0 Å². The van der Waals surface area contributed by atoms with Gasteiger partial charge >= 0.3 is 0 Å². The Bertz CT molecular complexity index is 129. The second kappa shape index (κ2) is 2.71. The van der Waals surface area contributed by atoms with Gasteiger partial charge in [-0.25, -0.2) is 0 Å². The van der Waals surface area contributed by atoms with Gasteiger partial charge in [-0.05, 0) is 42.1 Å². The van der Waals surface area contributed by atoms with Gasteiger partial charge in [0.05, 0.1) is 0 Å². The van der Waals surface area contributed by atoms with E-state index < -0.39 is 0 Å². The number of halogens is 1. The zero-order valence-electron chi connectivity index (χ0n) is 6.11. The minimum absolute atomic E-state index is 0.812. The van der Waals surface area contributed by atoms with Crippen molar-refractivity contribution in [1.82, 2.24) is 0 Å². The summed E-state index contributed by atoms with van der Waals surface area (Å²) in [5, 5.41) is 1.24. The van der Waals surface area contributed by atoms with Crippen LogP contribution in [0.25, 0.3) is 0 Å². The van der Waals surface area contributed by atoms with Crippen LogP contribution in [0.4, 0.5) is 0 Å². The maximum absolute atomic E-state index is 3.58. The second-order valence-corrected chi connectivity index (χ2v) is 5.33. The van der Waals surface area contributed by atoms with Crippen LogP contribution >= 0.6 is 27.7 Å². The summed E-state index contributed by atoms with van der Waals surface area (Å²) >= 11 is 5.74. The van der Waals surface area contributed by atoms with E-state index in [0.29, 0.717) is 0 Å². The van der Waals surface area contributed by atoms with Crippen molar-refractivity contribution >= 4 is 27.7 Å². The van der Waals surface area contributed by atoms with Crippen molar-refractivity contribution in [2.45, 2.75) is 19.3 Å². The molecule has 1 saturated heterocycles. The van der Waals surface area contributed by atoms with E-state index in [0.717, 1.165) is 11.3 Å². The van der Waals surface area contributed by atoms with Gasteiger partial charge in [0.2, 0.25) is 0 Å². The van der Waals surface area contributed by atoms with Crippen LogP contribution in [0.15, 0.2) is 0 Å². The molecule has 0 amide bonds. The Morgan fingerprint density at radius 3 is 3.00 bits per heavy atom. The Hall–Kier alpha value is 0.830. The lowest BCUT2D eigenvalue weighted by molar-refractivity contribution is 0.471. The first-order valence-electron chi connectivity index (χ1n) is 4.01.